The van der Waals surface area contributed by atoms with E-state index in [4.69, 9.17) is 16.7 Å². The molecule has 0 aliphatic carbocycles. The molecule has 4 rings (SSSR count). The van der Waals surface area contributed by atoms with E-state index in [1.807, 2.05) is 48.5 Å². The summed E-state index contributed by atoms with van der Waals surface area (Å²) in [7, 11) is 0. The minimum atomic E-state index is -1.03. The monoisotopic (exact) mass is 521 g/mol. The highest BCUT2D eigenvalue weighted by molar-refractivity contribution is 6.30. The van der Waals surface area contributed by atoms with Crippen LogP contribution in [0, 0.1) is 11.6 Å². The van der Waals surface area contributed by atoms with Crippen molar-refractivity contribution in [2.75, 3.05) is 11.9 Å². The summed E-state index contributed by atoms with van der Waals surface area (Å²) in [5.74, 6) is -3.52. The number of hydrogen-bond acceptors (Lipinski definition) is 4. The van der Waals surface area contributed by atoms with Crippen LogP contribution in [0.25, 0.3) is 22.3 Å². The number of pyridine rings is 1. The van der Waals surface area contributed by atoms with E-state index in [-0.39, 0.29) is 25.2 Å². The third-order valence-electron chi connectivity index (χ3n) is 5.62. The summed E-state index contributed by atoms with van der Waals surface area (Å²) in [4.78, 5) is 26.8. The Morgan fingerprint density at radius 1 is 0.865 bits per heavy atom. The number of carboxylic acids is 1. The lowest BCUT2D eigenvalue weighted by atomic mass is 10.00. The maximum absolute atomic E-state index is 14.1. The number of carbonyl (C=O) groups is 2. The standard InChI is InChI=1S/C28H22ClF2N3O3/c29-21-6-1-17(2-7-21)18-3-8-22(9-4-18)33-16-20-13-24(30)25(31)14-23(20)19-5-10-26(34-15-19)28(37)32-12-11-27(35)36/h1-10,13-15,33H,11-12,16H2,(H,32,37)(H,35,36). The van der Waals surface area contributed by atoms with Gasteiger partial charge in [-0.1, -0.05) is 41.9 Å². The number of nitrogens with zero attached hydrogens (tertiary/aromatic N) is 1. The van der Waals surface area contributed by atoms with E-state index in [9.17, 15) is 18.4 Å². The van der Waals surface area contributed by atoms with E-state index in [0.717, 1.165) is 28.9 Å². The normalized spacial score (nSPS) is 10.7. The number of anilines is 1. The maximum Gasteiger partial charge on any atom is 0.305 e. The molecule has 0 spiro atoms. The van der Waals surface area contributed by atoms with Gasteiger partial charge in [0, 0.05) is 35.6 Å². The van der Waals surface area contributed by atoms with Gasteiger partial charge in [-0.15, -0.1) is 0 Å². The molecule has 37 heavy (non-hydrogen) atoms. The van der Waals surface area contributed by atoms with Crippen LogP contribution in [0.2, 0.25) is 5.02 Å². The second-order valence-corrected chi connectivity index (χ2v) is 8.63. The molecule has 0 atom stereocenters. The summed E-state index contributed by atoms with van der Waals surface area (Å²) in [6, 6.07) is 20.4. The summed E-state index contributed by atoms with van der Waals surface area (Å²) >= 11 is 5.95. The van der Waals surface area contributed by atoms with Gasteiger partial charge in [-0.2, -0.15) is 0 Å². The van der Waals surface area contributed by atoms with Crippen LogP contribution in [-0.4, -0.2) is 28.5 Å². The highest BCUT2D eigenvalue weighted by Crippen LogP contribution is 2.28. The fraction of sp³-hybridized carbons (Fsp3) is 0.107. The van der Waals surface area contributed by atoms with Gasteiger partial charge >= 0.3 is 5.97 Å². The van der Waals surface area contributed by atoms with Crippen molar-refractivity contribution in [2.45, 2.75) is 13.0 Å². The van der Waals surface area contributed by atoms with Gasteiger partial charge < -0.3 is 15.7 Å². The van der Waals surface area contributed by atoms with E-state index in [1.54, 1.807) is 6.07 Å². The van der Waals surface area contributed by atoms with E-state index >= 15 is 0 Å². The van der Waals surface area contributed by atoms with E-state index < -0.39 is 23.5 Å². The Morgan fingerprint density at radius 3 is 2.11 bits per heavy atom. The van der Waals surface area contributed by atoms with Gasteiger partial charge in [-0.25, -0.2) is 8.78 Å². The molecular weight excluding hydrogens is 500 g/mol. The van der Waals surface area contributed by atoms with Gasteiger partial charge in [0.2, 0.25) is 0 Å². The Labute approximate surface area is 216 Å². The average molecular weight is 522 g/mol. The zero-order valence-electron chi connectivity index (χ0n) is 19.5. The molecule has 9 heteroatoms. The predicted octanol–water partition coefficient (Wildman–Crippen LogP) is 6.16. The minimum absolute atomic E-state index is 0.0305. The van der Waals surface area contributed by atoms with Crippen molar-refractivity contribution in [3.63, 3.8) is 0 Å². The summed E-state index contributed by atoms with van der Waals surface area (Å²) in [5.41, 5.74) is 4.32. The van der Waals surface area contributed by atoms with Crippen LogP contribution in [0.3, 0.4) is 0 Å². The van der Waals surface area contributed by atoms with Gasteiger partial charge in [0.1, 0.15) is 5.69 Å². The molecule has 1 amide bonds. The van der Waals surface area contributed by atoms with Crippen LogP contribution in [0.1, 0.15) is 22.5 Å². The van der Waals surface area contributed by atoms with Crippen LogP contribution in [0.15, 0.2) is 79.0 Å². The number of halogens is 3. The Kier molecular flexibility index (Phi) is 8.10. The van der Waals surface area contributed by atoms with Crippen LogP contribution in [-0.2, 0) is 11.3 Å². The molecule has 0 bridgehead atoms. The molecule has 0 aliphatic rings. The molecule has 1 heterocycles. The summed E-state index contributed by atoms with van der Waals surface area (Å²) in [6.07, 6.45) is 1.18. The fourth-order valence-corrected chi connectivity index (χ4v) is 3.81. The van der Waals surface area contributed by atoms with Gasteiger partial charge in [0.15, 0.2) is 11.6 Å². The zero-order chi connectivity index (χ0) is 26.4. The molecule has 0 fully saturated rings. The number of carbonyl (C=O) groups excluding carboxylic acids is 1. The fourth-order valence-electron chi connectivity index (χ4n) is 3.68. The molecule has 4 aromatic rings. The van der Waals surface area contributed by atoms with Crippen LogP contribution >= 0.6 is 11.6 Å². The highest BCUT2D eigenvalue weighted by atomic mass is 35.5. The molecule has 3 N–H and O–H groups in total. The molecule has 0 radical (unpaired) electrons. The number of rotatable bonds is 9. The number of amides is 1. The second-order valence-electron chi connectivity index (χ2n) is 8.19. The molecule has 0 unspecified atom stereocenters. The van der Waals surface area contributed by atoms with E-state index in [1.165, 1.54) is 12.3 Å². The number of benzene rings is 3. The first-order valence-corrected chi connectivity index (χ1v) is 11.7. The van der Waals surface area contributed by atoms with Crippen LogP contribution < -0.4 is 10.6 Å². The Hall–Kier alpha value is -4.30. The Bertz CT molecular complexity index is 1410. The summed E-state index contributed by atoms with van der Waals surface area (Å²) in [5, 5.41) is 15.0. The highest BCUT2D eigenvalue weighted by Gasteiger charge is 2.14. The second kappa shape index (κ2) is 11.6. The van der Waals surface area contributed by atoms with Crippen LogP contribution in [0.5, 0.6) is 0 Å². The summed E-state index contributed by atoms with van der Waals surface area (Å²) in [6.45, 7) is 0.182. The molecule has 3 aromatic carbocycles. The number of aromatic nitrogens is 1. The van der Waals surface area contributed by atoms with Crippen molar-refractivity contribution in [1.82, 2.24) is 10.3 Å². The van der Waals surface area contributed by atoms with Crippen molar-refractivity contribution < 1.29 is 23.5 Å². The molecule has 0 saturated heterocycles. The predicted molar refractivity (Wildman–Crippen MR) is 138 cm³/mol. The first-order valence-electron chi connectivity index (χ1n) is 11.3. The van der Waals surface area contributed by atoms with Crippen molar-refractivity contribution in [2.24, 2.45) is 0 Å². The summed E-state index contributed by atoms with van der Waals surface area (Å²) < 4.78 is 28.2. The number of carboxylic acid groups (broad SMARTS) is 1. The Morgan fingerprint density at radius 2 is 1.49 bits per heavy atom. The SMILES string of the molecule is O=C(O)CCNC(=O)c1ccc(-c2cc(F)c(F)cc2CNc2ccc(-c3ccc(Cl)cc3)cc2)cn1. The zero-order valence-corrected chi connectivity index (χ0v) is 20.2. The lowest BCUT2D eigenvalue weighted by Crippen LogP contribution is -2.26. The smallest absolute Gasteiger partial charge is 0.305 e. The van der Waals surface area contributed by atoms with E-state index in [0.29, 0.717) is 21.7 Å². The minimum Gasteiger partial charge on any atom is -0.481 e. The van der Waals surface area contributed by atoms with Crippen molar-refractivity contribution in [3.05, 3.63) is 107 Å². The quantitative estimate of drug-likeness (QED) is 0.245. The number of nitrogens with one attached hydrogen (secondary N) is 2. The molecule has 6 nitrogen and oxygen atoms in total. The lowest BCUT2D eigenvalue weighted by Gasteiger charge is -2.13. The van der Waals surface area contributed by atoms with Crippen molar-refractivity contribution in [1.29, 1.82) is 0 Å². The number of aliphatic carboxylic acids is 1. The molecule has 0 aliphatic heterocycles. The van der Waals surface area contributed by atoms with E-state index in [2.05, 4.69) is 15.6 Å². The molecule has 188 valence electrons. The van der Waals surface area contributed by atoms with Gasteiger partial charge in [0.05, 0.1) is 6.42 Å². The van der Waals surface area contributed by atoms with Gasteiger partial charge in [0.25, 0.3) is 5.91 Å². The first kappa shape index (κ1) is 25.8. The maximum atomic E-state index is 14.1. The average Bonchev–Trinajstić information content (AvgIpc) is 2.90. The Balaban J connectivity index is 1.48. The molecular formula is C28H22ClF2N3O3. The van der Waals surface area contributed by atoms with Gasteiger partial charge in [-0.3, -0.25) is 14.6 Å². The van der Waals surface area contributed by atoms with Crippen molar-refractivity contribution >= 4 is 29.2 Å². The van der Waals surface area contributed by atoms with Gasteiger partial charge in [-0.05, 0) is 64.7 Å². The first-order chi connectivity index (χ1) is 17.8. The topological polar surface area (TPSA) is 91.3 Å². The third-order valence-corrected chi connectivity index (χ3v) is 5.88. The van der Waals surface area contributed by atoms with Crippen LogP contribution in [0.4, 0.5) is 14.5 Å². The number of hydrogen-bond donors (Lipinski definition) is 3. The molecule has 0 saturated carbocycles. The molecule has 1 aromatic heterocycles. The third kappa shape index (κ3) is 6.68. The van der Waals surface area contributed by atoms with Crippen molar-refractivity contribution in [3.8, 4) is 22.3 Å². The lowest BCUT2D eigenvalue weighted by molar-refractivity contribution is -0.136. The largest absolute Gasteiger partial charge is 0.481 e.